The van der Waals surface area contributed by atoms with Crippen molar-refractivity contribution in [1.29, 1.82) is 0 Å². The van der Waals surface area contributed by atoms with Crippen molar-refractivity contribution in [1.82, 2.24) is 15.1 Å². The zero-order valence-electron chi connectivity index (χ0n) is 7.55. The molecule has 2 heterocycles. The molecular weight excluding hydrogens is 178 g/mol. The van der Waals surface area contributed by atoms with Crippen LogP contribution < -0.4 is 0 Å². The van der Waals surface area contributed by atoms with Crippen molar-refractivity contribution in [3.8, 4) is 11.5 Å². The molecule has 0 amide bonds. The second-order valence-corrected chi connectivity index (χ2v) is 3.51. The minimum Gasteiger partial charge on any atom is -0.342 e. The Morgan fingerprint density at radius 3 is 2.71 bits per heavy atom. The zero-order valence-corrected chi connectivity index (χ0v) is 7.55. The van der Waals surface area contributed by atoms with E-state index < -0.39 is 0 Å². The molecule has 0 unspecified atom stereocenters. The van der Waals surface area contributed by atoms with Crippen LogP contribution in [0.15, 0.2) is 29.2 Å². The topological polar surface area (TPSA) is 51.8 Å². The van der Waals surface area contributed by atoms with Gasteiger partial charge in [-0.2, -0.15) is 4.98 Å². The normalized spacial score (nSPS) is 15.7. The van der Waals surface area contributed by atoms with Crippen LogP contribution in [0.4, 0.5) is 0 Å². The van der Waals surface area contributed by atoms with Crippen LogP contribution >= 0.6 is 0 Å². The van der Waals surface area contributed by atoms with Gasteiger partial charge in [0.2, 0.25) is 12.2 Å². The van der Waals surface area contributed by atoms with Gasteiger partial charge >= 0.3 is 0 Å². The molecule has 1 fully saturated rings. The van der Waals surface area contributed by atoms with Crippen molar-refractivity contribution in [2.75, 3.05) is 0 Å². The van der Waals surface area contributed by atoms with Crippen molar-refractivity contribution in [2.24, 2.45) is 0 Å². The van der Waals surface area contributed by atoms with Crippen LogP contribution in [-0.4, -0.2) is 15.1 Å². The Balaban J connectivity index is 1.93. The highest BCUT2D eigenvalue weighted by Gasteiger charge is 2.23. The maximum absolute atomic E-state index is 4.66. The molecule has 0 atom stereocenters. The summed E-state index contributed by atoms with van der Waals surface area (Å²) in [6, 6.07) is 4.04. The highest BCUT2D eigenvalue weighted by atomic mass is 16.5. The van der Waals surface area contributed by atoms with E-state index in [1.165, 1.54) is 24.8 Å². The highest BCUT2D eigenvalue weighted by Crippen LogP contribution is 2.39. The van der Waals surface area contributed by atoms with E-state index >= 15 is 0 Å². The summed E-state index contributed by atoms with van der Waals surface area (Å²) in [6.45, 7) is 0. The smallest absolute Gasteiger partial charge is 0.220 e. The molecule has 1 aliphatic rings. The molecule has 0 spiro atoms. The van der Waals surface area contributed by atoms with Crippen LogP contribution in [0.3, 0.4) is 0 Å². The molecule has 0 radical (unpaired) electrons. The van der Waals surface area contributed by atoms with Gasteiger partial charge in [0, 0.05) is 6.20 Å². The lowest BCUT2D eigenvalue weighted by Gasteiger charge is -1.97. The molecule has 0 saturated heterocycles. The van der Waals surface area contributed by atoms with Gasteiger partial charge in [0.05, 0.1) is 0 Å². The van der Waals surface area contributed by atoms with Crippen LogP contribution in [-0.2, 0) is 0 Å². The fourth-order valence-electron chi connectivity index (χ4n) is 1.48. The number of rotatable bonds is 2. The molecule has 2 aromatic rings. The van der Waals surface area contributed by atoms with Gasteiger partial charge < -0.3 is 4.52 Å². The standard InChI is InChI=1S/C10H9N3O/c1-2-7(1)8-3-4-9(11-5-8)10-12-6-14-13-10/h3-7H,1-2H2. The van der Waals surface area contributed by atoms with Gasteiger partial charge in [-0.1, -0.05) is 11.2 Å². The van der Waals surface area contributed by atoms with E-state index in [1.807, 2.05) is 12.3 Å². The molecule has 0 aromatic carbocycles. The first kappa shape index (κ1) is 7.67. The first-order valence-corrected chi connectivity index (χ1v) is 4.66. The van der Waals surface area contributed by atoms with Gasteiger partial charge in [-0.25, -0.2) is 0 Å². The quantitative estimate of drug-likeness (QED) is 0.721. The molecule has 14 heavy (non-hydrogen) atoms. The van der Waals surface area contributed by atoms with Crippen molar-refractivity contribution in [3.05, 3.63) is 30.3 Å². The Morgan fingerprint density at radius 2 is 2.14 bits per heavy atom. The van der Waals surface area contributed by atoms with Crippen molar-refractivity contribution in [3.63, 3.8) is 0 Å². The Bertz CT molecular complexity index is 417. The SMILES string of the molecule is c1nc(-c2ccc(C3CC3)cn2)no1. The Labute approximate surface area is 81.0 Å². The predicted molar refractivity (Wildman–Crippen MR) is 49.5 cm³/mol. The maximum Gasteiger partial charge on any atom is 0.220 e. The van der Waals surface area contributed by atoms with E-state index in [0.29, 0.717) is 5.82 Å². The molecule has 4 heteroatoms. The number of pyridine rings is 1. The van der Waals surface area contributed by atoms with E-state index in [0.717, 1.165) is 11.6 Å². The predicted octanol–water partition coefficient (Wildman–Crippen LogP) is 2.01. The minimum atomic E-state index is 0.548. The van der Waals surface area contributed by atoms with Crippen LogP contribution in [0.25, 0.3) is 11.5 Å². The molecule has 3 rings (SSSR count). The molecule has 1 aliphatic carbocycles. The number of hydrogen-bond donors (Lipinski definition) is 0. The van der Waals surface area contributed by atoms with Crippen LogP contribution in [0, 0.1) is 0 Å². The van der Waals surface area contributed by atoms with Gasteiger partial charge in [0.15, 0.2) is 0 Å². The molecule has 4 nitrogen and oxygen atoms in total. The summed E-state index contributed by atoms with van der Waals surface area (Å²) in [6.07, 6.45) is 5.81. The third-order valence-electron chi connectivity index (χ3n) is 2.43. The molecule has 0 N–H and O–H groups in total. The van der Waals surface area contributed by atoms with Crippen molar-refractivity contribution in [2.45, 2.75) is 18.8 Å². The minimum absolute atomic E-state index is 0.548. The first-order valence-electron chi connectivity index (χ1n) is 4.66. The first-order chi connectivity index (χ1) is 6.93. The van der Waals surface area contributed by atoms with Gasteiger partial charge in [-0.05, 0) is 30.4 Å². The fourth-order valence-corrected chi connectivity index (χ4v) is 1.48. The molecule has 2 aromatic heterocycles. The van der Waals surface area contributed by atoms with E-state index in [-0.39, 0.29) is 0 Å². The summed E-state index contributed by atoms with van der Waals surface area (Å²) in [7, 11) is 0. The lowest BCUT2D eigenvalue weighted by atomic mass is 10.2. The Morgan fingerprint density at radius 1 is 1.21 bits per heavy atom. The van der Waals surface area contributed by atoms with E-state index in [2.05, 4.69) is 25.7 Å². The Hall–Kier alpha value is -1.71. The third-order valence-corrected chi connectivity index (χ3v) is 2.43. The highest BCUT2D eigenvalue weighted by molar-refractivity contribution is 5.48. The molecule has 0 aliphatic heterocycles. The number of aromatic nitrogens is 3. The van der Waals surface area contributed by atoms with Gasteiger partial charge in [0.1, 0.15) is 5.69 Å². The zero-order chi connectivity index (χ0) is 9.38. The summed E-state index contributed by atoms with van der Waals surface area (Å²) in [4.78, 5) is 8.23. The monoisotopic (exact) mass is 187 g/mol. The third kappa shape index (κ3) is 1.28. The number of nitrogens with zero attached hydrogens (tertiary/aromatic N) is 3. The van der Waals surface area contributed by atoms with Crippen molar-refractivity contribution >= 4 is 0 Å². The summed E-state index contributed by atoms with van der Waals surface area (Å²) in [5, 5.41) is 3.73. The van der Waals surface area contributed by atoms with Crippen LogP contribution in [0.1, 0.15) is 24.3 Å². The maximum atomic E-state index is 4.66. The average molecular weight is 187 g/mol. The number of hydrogen-bond acceptors (Lipinski definition) is 4. The lowest BCUT2D eigenvalue weighted by Crippen LogP contribution is -1.87. The summed E-state index contributed by atoms with van der Waals surface area (Å²) in [5.41, 5.74) is 2.08. The molecular formula is C10H9N3O. The van der Waals surface area contributed by atoms with Crippen molar-refractivity contribution < 1.29 is 4.52 Å². The summed E-state index contributed by atoms with van der Waals surface area (Å²) < 4.78 is 4.66. The summed E-state index contributed by atoms with van der Waals surface area (Å²) >= 11 is 0. The van der Waals surface area contributed by atoms with Gasteiger partial charge in [0.25, 0.3) is 0 Å². The Kier molecular flexibility index (Phi) is 1.59. The van der Waals surface area contributed by atoms with Crippen LogP contribution in [0.5, 0.6) is 0 Å². The van der Waals surface area contributed by atoms with E-state index in [4.69, 9.17) is 0 Å². The summed E-state index contributed by atoms with van der Waals surface area (Å²) in [5.74, 6) is 1.29. The van der Waals surface area contributed by atoms with Gasteiger partial charge in [-0.3, -0.25) is 4.98 Å². The van der Waals surface area contributed by atoms with E-state index in [1.54, 1.807) is 0 Å². The fraction of sp³-hybridized carbons (Fsp3) is 0.300. The molecule has 1 saturated carbocycles. The average Bonchev–Trinajstić information content (AvgIpc) is 2.94. The van der Waals surface area contributed by atoms with E-state index in [9.17, 15) is 0 Å². The lowest BCUT2D eigenvalue weighted by molar-refractivity contribution is 0.418. The molecule has 70 valence electrons. The second-order valence-electron chi connectivity index (χ2n) is 3.51. The van der Waals surface area contributed by atoms with Crippen LogP contribution in [0.2, 0.25) is 0 Å². The van der Waals surface area contributed by atoms with Gasteiger partial charge in [-0.15, -0.1) is 0 Å². The molecule has 0 bridgehead atoms. The largest absolute Gasteiger partial charge is 0.342 e. The second kappa shape index (κ2) is 2.90.